The van der Waals surface area contributed by atoms with E-state index in [4.69, 9.17) is 9.26 Å². The van der Waals surface area contributed by atoms with Gasteiger partial charge in [0.15, 0.2) is 12.4 Å². The van der Waals surface area contributed by atoms with Gasteiger partial charge in [0, 0.05) is 19.0 Å². The molecule has 0 radical (unpaired) electrons. The first-order valence-corrected chi connectivity index (χ1v) is 8.31. The first-order chi connectivity index (χ1) is 11.5. The third-order valence-corrected chi connectivity index (χ3v) is 4.43. The van der Waals surface area contributed by atoms with Crippen molar-refractivity contribution in [3.8, 4) is 5.75 Å². The van der Waals surface area contributed by atoms with Crippen LogP contribution < -0.4 is 4.74 Å². The van der Waals surface area contributed by atoms with Gasteiger partial charge in [-0.05, 0) is 50.8 Å². The number of aromatic nitrogens is 2. The summed E-state index contributed by atoms with van der Waals surface area (Å²) >= 11 is 0. The molecule has 1 saturated heterocycles. The van der Waals surface area contributed by atoms with Gasteiger partial charge in [0.05, 0.1) is 0 Å². The van der Waals surface area contributed by atoms with Crippen LogP contribution >= 0.6 is 0 Å². The topological polar surface area (TPSA) is 68.5 Å². The molecule has 0 aliphatic carbocycles. The number of piperidine rings is 1. The van der Waals surface area contributed by atoms with Gasteiger partial charge in [0.25, 0.3) is 5.91 Å². The summed E-state index contributed by atoms with van der Waals surface area (Å²) in [6.07, 6.45) is 1.69. The number of nitrogens with zero attached hydrogens (tertiary/aromatic N) is 3. The monoisotopic (exact) mass is 329 g/mol. The van der Waals surface area contributed by atoms with E-state index in [1.54, 1.807) is 0 Å². The molecule has 128 valence electrons. The Morgan fingerprint density at radius 1 is 1.29 bits per heavy atom. The lowest BCUT2D eigenvalue weighted by molar-refractivity contribution is -0.134. The largest absolute Gasteiger partial charge is 0.483 e. The molecule has 0 unspecified atom stereocenters. The van der Waals surface area contributed by atoms with E-state index >= 15 is 0 Å². The van der Waals surface area contributed by atoms with E-state index < -0.39 is 0 Å². The first kappa shape index (κ1) is 16.5. The molecule has 1 fully saturated rings. The first-order valence-electron chi connectivity index (χ1n) is 8.31. The van der Waals surface area contributed by atoms with Crippen LogP contribution in [0.15, 0.2) is 22.7 Å². The molecule has 1 amide bonds. The predicted octanol–water partition coefficient (Wildman–Crippen LogP) is 2.78. The Morgan fingerprint density at radius 3 is 2.71 bits per heavy atom. The fourth-order valence-electron chi connectivity index (χ4n) is 2.95. The highest BCUT2D eigenvalue weighted by molar-refractivity contribution is 5.78. The lowest BCUT2D eigenvalue weighted by Gasteiger charge is -2.30. The van der Waals surface area contributed by atoms with Crippen molar-refractivity contribution in [1.82, 2.24) is 15.0 Å². The highest BCUT2D eigenvalue weighted by Gasteiger charge is 2.27. The number of hydrogen-bond donors (Lipinski definition) is 0. The molecule has 6 heteroatoms. The second-order valence-corrected chi connectivity index (χ2v) is 6.39. The summed E-state index contributed by atoms with van der Waals surface area (Å²) in [4.78, 5) is 18.5. The van der Waals surface area contributed by atoms with E-state index in [9.17, 15) is 4.79 Å². The molecule has 6 nitrogen and oxygen atoms in total. The normalized spacial score (nSPS) is 15.5. The Balaban J connectivity index is 1.51. The van der Waals surface area contributed by atoms with Crippen LogP contribution in [0.25, 0.3) is 0 Å². The minimum atomic E-state index is 0.0241. The maximum atomic E-state index is 12.4. The van der Waals surface area contributed by atoms with E-state index in [2.05, 4.69) is 10.1 Å². The molecule has 1 aliphatic heterocycles. The molecular formula is C18H23N3O3. The molecule has 0 atom stereocenters. The Hall–Kier alpha value is -2.37. The average Bonchev–Trinajstić information content (AvgIpc) is 3.02. The molecule has 1 aliphatic rings. The Morgan fingerprint density at radius 2 is 2.04 bits per heavy atom. The second-order valence-electron chi connectivity index (χ2n) is 6.39. The van der Waals surface area contributed by atoms with E-state index in [1.165, 1.54) is 0 Å². The van der Waals surface area contributed by atoms with Crippen LogP contribution in [0, 0.1) is 20.8 Å². The number of ether oxygens (including phenoxy) is 1. The summed E-state index contributed by atoms with van der Waals surface area (Å²) in [6.45, 7) is 7.28. The molecule has 0 bridgehead atoms. The highest BCUT2D eigenvalue weighted by Crippen LogP contribution is 2.27. The molecule has 0 N–H and O–H groups in total. The summed E-state index contributed by atoms with van der Waals surface area (Å²) in [5.74, 6) is 2.39. The van der Waals surface area contributed by atoms with Crippen molar-refractivity contribution in [2.45, 2.75) is 39.5 Å². The molecular weight excluding hydrogens is 306 g/mol. The molecule has 24 heavy (non-hydrogen) atoms. The van der Waals surface area contributed by atoms with Gasteiger partial charge in [0.1, 0.15) is 5.75 Å². The fourth-order valence-corrected chi connectivity index (χ4v) is 2.95. The minimum Gasteiger partial charge on any atom is -0.483 e. The highest BCUT2D eigenvalue weighted by atomic mass is 16.5. The third-order valence-electron chi connectivity index (χ3n) is 4.43. The SMILES string of the molecule is Cc1ccc(C)c(OCC(=O)N2CCC(c3nc(C)no3)CC2)c1. The van der Waals surface area contributed by atoms with E-state index in [0.29, 0.717) is 24.8 Å². The smallest absolute Gasteiger partial charge is 0.260 e. The van der Waals surface area contributed by atoms with Crippen LogP contribution in [0.1, 0.15) is 41.6 Å². The lowest BCUT2D eigenvalue weighted by Crippen LogP contribution is -2.40. The van der Waals surface area contributed by atoms with Crippen LogP contribution in [0.5, 0.6) is 5.75 Å². The number of hydrogen-bond acceptors (Lipinski definition) is 5. The number of rotatable bonds is 4. The van der Waals surface area contributed by atoms with Crippen molar-refractivity contribution in [2.24, 2.45) is 0 Å². The number of likely N-dealkylation sites (tertiary alicyclic amines) is 1. The van der Waals surface area contributed by atoms with E-state index in [0.717, 1.165) is 29.7 Å². The maximum Gasteiger partial charge on any atom is 0.260 e. The number of amides is 1. The molecule has 0 spiro atoms. The van der Waals surface area contributed by atoms with Gasteiger partial charge < -0.3 is 14.2 Å². The van der Waals surface area contributed by atoms with Crippen LogP contribution in [0.4, 0.5) is 0 Å². The van der Waals surface area contributed by atoms with Crippen molar-refractivity contribution in [3.05, 3.63) is 41.0 Å². The van der Waals surface area contributed by atoms with Crippen LogP contribution in [0.3, 0.4) is 0 Å². The third kappa shape index (κ3) is 3.75. The molecule has 2 aromatic rings. The number of carbonyl (C=O) groups excluding carboxylic acids is 1. The Bertz CT molecular complexity index is 718. The lowest BCUT2D eigenvalue weighted by atomic mass is 9.97. The summed E-state index contributed by atoms with van der Waals surface area (Å²) < 4.78 is 11.0. The zero-order chi connectivity index (χ0) is 17.1. The summed E-state index contributed by atoms with van der Waals surface area (Å²) in [7, 11) is 0. The van der Waals surface area contributed by atoms with Gasteiger partial charge in [-0.15, -0.1) is 0 Å². The van der Waals surface area contributed by atoms with Crippen molar-refractivity contribution in [1.29, 1.82) is 0 Å². The number of carbonyl (C=O) groups is 1. The van der Waals surface area contributed by atoms with Gasteiger partial charge in [-0.3, -0.25) is 4.79 Å². The summed E-state index contributed by atoms with van der Waals surface area (Å²) in [5.41, 5.74) is 2.16. The van der Waals surface area contributed by atoms with Crippen LogP contribution in [-0.2, 0) is 4.79 Å². The van der Waals surface area contributed by atoms with Gasteiger partial charge in [-0.1, -0.05) is 17.3 Å². The number of benzene rings is 1. The standard InChI is InChI=1S/C18H23N3O3/c1-12-4-5-13(2)16(10-12)23-11-17(22)21-8-6-15(7-9-21)18-19-14(3)20-24-18/h4-5,10,15H,6-9,11H2,1-3H3. The van der Waals surface area contributed by atoms with Crippen molar-refractivity contribution >= 4 is 5.91 Å². The summed E-state index contributed by atoms with van der Waals surface area (Å²) in [5, 5.41) is 3.84. The number of aryl methyl sites for hydroxylation is 3. The fraction of sp³-hybridized carbons (Fsp3) is 0.500. The molecule has 3 rings (SSSR count). The molecule has 2 heterocycles. The van der Waals surface area contributed by atoms with Crippen LogP contribution in [0.2, 0.25) is 0 Å². The van der Waals surface area contributed by atoms with Gasteiger partial charge in [0.2, 0.25) is 5.89 Å². The van der Waals surface area contributed by atoms with Crippen molar-refractivity contribution in [2.75, 3.05) is 19.7 Å². The molecule has 1 aromatic carbocycles. The summed E-state index contributed by atoms with van der Waals surface area (Å²) in [6, 6.07) is 6.01. The van der Waals surface area contributed by atoms with Gasteiger partial charge >= 0.3 is 0 Å². The van der Waals surface area contributed by atoms with Crippen molar-refractivity contribution in [3.63, 3.8) is 0 Å². The van der Waals surface area contributed by atoms with Crippen molar-refractivity contribution < 1.29 is 14.1 Å². The zero-order valence-electron chi connectivity index (χ0n) is 14.4. The van der Waals surface area contributed by atoms with Gasteiger partial charge in [-0.25, -0.2) is 0 Å². The second kappa shape index (κ2) is 7.03. The Labute approximate surface area is 141 Å². The molecule has 0 saturated carbocycles. The van der Waals surface area contributed by atoms with Crippen LogP contribution in [-0.4, -0.2) is 40.6 Å². The maximum absolute atomic E-state index is 12.4. The Kier molecular flexibility index (Phi) is 4.83. The molecule has 1 aromatic heterocycles. The minimum absolute atomic E-state index is 0.0241. The van der Waals surface area contributed by atoms with E-state index in [-0.39, 0.29) is 18.4 Å². The quantitative estimate of drug-likeness (QED) is 0.863. The van der Waals surface area contributed by atoms with E-state index in [1.807, 2.05) is 43.9 Å². The zero-order valence-corrected chi connectivity index (χ0v) is 14.4. The van der Waals surface area contributed by atoms with Gasteiger partial charge in [-0.2, -0.15) is 4.98 Å². The average molecular weight is 329 g/mol. The predicted molar refractivity (Wildman–Crippen MR) is 89.0 cm³/mol.